The van der Waals surface area contributed by atoms with Crippen LogP contribution in [-0.2, 0) is 0 Å². The normalized spacial score (nSPS) is 11.3. The van der Waals surface area contributed by atoms with Crippen molar-refractivity contribution in [3.05, 3.63) is 267 Å². The zero-order chi connectivity index (χ0) is 43.8. The van der Waals surface area contributed by atoms with Gasteiger partial charge < -0.3 is 9.47 Å². The largest absolute Gasteiger partial charge is 0.310 e. The number of hydrogen-bond donors (Lipinski definition) is 0. The molecule has 0 amide bonds. The Kier molecular flexibility index (Phi) is 9.89. The van der Waals surface area contributed by atoms with E-state index >= 15 is 0 Å². The Balaban J connectivity index is 1.08. The second-order valence-electron chi connectivity index (χ2n) is 16.9. The Labute approximate surface area is 385 Å². The predicted octanol–water partition coefficient (Wildman–Crippen LogP) is 17.7. The molecule has 12 rings (SSSR count). The molecule has 0 aliphatic carbocycles. The molecule has 1 heterocycles. The van der Waals surface area contributed by atoms with Gasteiger partial charge in [0.2, 0.25) is 0 Å². The molecular weight excluding hydrogens is 797 g/mol. The van der Waals surface area contributed by atoms with Gasteiger partial charge >= 0.3 is 0 Å². The van der Waals surface area contributed by atoms with E-state index in [4.69, 9.17) is 0 Å². The molecule has 1 aromatic heterocycles. The summed E-state index contributed by atoms with van der Waals surface area (Å²) in [5.41, 5.74) is 18.5. The van der Waals surface area contributed by atoms with E-state index < -0.39 is 0 Å². The first kappa shape index (κ1) is 38.9. The van der Waals surface area contributed by atoms with Crippen LogP contribution in [0.3, 0.4) is 0 Å². The quantitative estimate of drug-likeness (QED) is 0.141. The van der Waals surface area contributed by atoms with Crippen LogP contribution in [0.5, 0.6) is 0 Å². The molecule has 0 radical (unpaired) electrons. The van der Waals surface area contributed by atoms with Gasteiger partial charge in [-0.2, -0.15) is 0 Å². The van der Waals surface area contributed by atoms with Crippen LogP contribution in [0.4, 0.5) is 17.1 Å². The van der Waals surface area contributed by atoms with Crippen LogP contribution in [0.25, 0.3) is 93.9 Å². The summed E-state index contributed by atoms with van der Waals surface area (Å²) in [5.74, 6) is 0. The number of aromatic nitrogens is 1. The van der Waals surface area contributed by atoms with E-state index in [0.29, 0.717) is 0 Å². The molecular formula is C64H44N2. The third-order valence-electron chi connectivity index (χ3n) is 13.0. The van der Waals surface area contributed by atoms with Gasteiger partial charge in [-0.3, -0.25) is 0 Å². The molecule has 310 valence electrons. The van der Waals surface area contributed by atoms with Crippen LogP contribution in [0.1, 0.15) is 0 Å². The number of para-hydroxylation sites is 3. The van der Waals surface area contributed by atoms with Crippen molar-refractivity contribution in [1.29, 1.82) is 0 Å². The van der Waals surface area contributed by atoms with Gasteiger partial charge in [-0.25, -0.2) is 0 Å². The fourth-order valence-electron chi connectivity index (χ4n) is 9.87. The molecule has 0 fully saturated rings. The molecule has 0 saturated heterocycles. The number of rotatable bonds is 9. The number of fused-ring (bicyclic) bond motifs is 4. The van der Waals surface area contributed by atoms with Gasteiger partial charge in [0.05, 0.1) is 16.7 Å². The summed E-state index contributed by atoms with van der Waals surface area (Å²) in [6.07, 6.45) is 0. The van der Waals surface area contributed by atoms with Gasteiger partial charge in [-0.15, -0.1) is 0 Å². The molecule has 0 atom stereocenters. The standard InChI is InChI=1S/C64H44N2/c1-3-18-45(19-4-1)51-36-41-57(56-27-10-9-26-55(56)47-21-5-2-6-22-47)61(44-51)60-30-13-14-31-62(60)65(54-25-17-24-49(43-54)50-35-34-46-20-7-8-23-48(46)42-50)52-37-39-53(40-38-52)66-63-32-15-11-28-58(63)59-29-12-16-33-64(59)66/h1-44H. The van der Waals surface area contributed by atoms with E-state index in [0.717, 1.165) is 39.4 Å². The van der Waals surface area contributed by atoms with Gasteiger partial charge in [0.15, 0.2) is 0 Å². The number of nitrogens with zero attached hydrogens (tertiary/aromatic N) is 2. The van der Waals surface area contributed by atoms with Gasteiger partial charge in [0, 0.05) is 33.4 Å². The Morgan fingerprint density at radius 2 is 0.788 bits per heavy atom. The summed E-state index contributed by atoms with van der Waals surface area (Å²) >= 11 is 0. The second kappa shape index (κ2) is 16.8. The number of hydrogen-bond acceptors (Lipinski definition) is 1. The molecule has 0 saturated carbocycles. The predicted molar refractivity (Wildman–Crippen MR) is 280 cm³/mol. The molecule has 2 heteroatoms. The second-order valence-corrected chi connectivity index (χ2v) is 16.9. The molecule has 0 bridgehead atoms. The van der Waals surface area contributed by atoms with Crippen LogP contribution in [0.15, 0.2) is 267 Å². The van der Waals surface area contributed by atoms with E-state index in [-0.39, 0.29) is 0 Å². The molecule has 0 spiro atoms. The smallest absolute Gasteiger partial charge is 0.0541 e. The summed E-state index contributed by atoms with van der Waals surface area (Å²) in [4.78, 5) is 2.44. The molecule has 0 unspecified atom stereocenters. The molecule has 11 aromatic carbocycles. The molecule has 0 N–H and O–H groups in total. The minimum Gasteiger partial charge on any atom is -0.310 e. The Bertz CT molecular complexity index is 3640. The van der Waals surface area contributed by atoms with Crippen molar-refractivity contribution >= 4 is 49.6 Å². The maximum atomic E-state index is 2.44. The lowest BCUT2D eigenvalue weighted by Crippen LogP contribution is -2.12. The third kappa shape index (κ3) is 7.02. The Hall–Kier alpha value is -8.72. The lowest BCUT2D eigenvalue weighted by atomic mass is 9.86. The molecule has 66 heavy (non-hydrogen) atoms. The van der Waals surface area contributed by atoms with Gasteiger partial charge in [-0.1, -0.05) is 200 Å². The Morgan fingerprint density at radius 1 is 0.258 bits per heavy atom. The van der Waals surface area contributed by atoms with Crippen molar-refractivity contribution in [1.82, 2.24) is 4.57 Å². The Morgan fingerprint density at radius 3 is 1.53 bits per heavy atom. The minimum atomic E-state index is 1.06. The highest BCUT2D eigenvalue weighted by Gasteiger charge is 2.22. The fraction of sp³-hybridized carbons (Fsp3) is 0. The van der Waals surface area contributed by atoms with Crippen molar-refractivity contribution in [3.63, 3.8) is 0 Å². The van der Waals surface area contributed by atoms with Crippen molar-refractivity contribution in [2.24, 2.45) is 0 Å². The maximum absolute atomic E-state index is 2.44. The monoisotopic (exact) mass is 840 g/mol. The summed E-state index contributed by atoms with van der Waals surface area (Å²) in [6, 6.07) is 97.1. The topological polar surface area (TPSA) is 8.17 Å². The van der Waals surface area contributed by atoms with Gasteiger partial charge in [0.25, 0.3) is 0 Å². The van der Waals surface area contributed by atoms with E-state index in [9.17, 15) is 0 Å². The first-order chi connectivity index (χ1) is 32.7. The highest BCUT2D eigenvalue weighted by atomic mass is 15.1. The van der Waals surface area contributed by atoms with E-state index in [1.54, 1.807) is 0 Å². The highest BCUT2D eigenvalue weighted by Crippen LogP contribution is 2.47. The lowest BCUT2D eigenvalue weighted by Gasteiger charge is -2.29. The van der Waals surface area contributed by atoms with Crippen molar-refractivity contribution in [2.45, 2.75) is 0 Å². The zero-order valence-corrected chi connectivity index (χ0v) is 36.3. The van der Waals surface area contributed by atoms with Crippen molar-refractivity contribution in [2.75, 3.05) is 4.90 Å². The first-order valence-corrected chi connectivity index (χ1v) is 22.7. The van der Waals surface area contributed by atoms with Gasteiger partial charge in [0.1, 0.15) is 0 Å². The average Bonchev–Trinajstić information content (AvgIpc) is 3.74. The lowest BCUT2D eigenvalue weighted by molar-refractivity contribution is 1.17. The number of anilines is 3. The molecule has 2 nitrogen and oxygen atoms in total. The summed E-state index contributed by atoms with van der Waals surface area (Å²) < 4.78 is 2.39. The minimum absolute atomic E-state index is 1.06. The van der Waals surface area contributed by atoms with Crippen LogP contribution in [0, 0.1) is 0 Å². The van der Waals surface area contributed by atoms with Crippen LogP contribution >= 0.6 is 0 Å². The van der Waals surface area contributed by atoms with Crippen LogP contribution < -0.4 is 4.90 Å². The van der Waals surface area contributed by atoms with E-state index in [2.05, 4.69) is 276 Å². The van der Waals surface area contributed by atoms with E-state index in [1.165, 1.54) is 71.5 Å². The number of benzene rings is 11. The zero-order valence-electron chi connectivity index (χ0n) is 36.3. The van der Waals surface area contributed by atoms with Crippen LogP contribution in [0.2, 0.25) is 0 Å². The van der Waals surface area contributed by atoms with Crippen molar-refractivity contribution in [3.8, 4) is 61.3 Å². The SMILES string of the molecule is c1ccc(-c2ccc(-c3ccccc3-c3ccccc3)c(-c3ccccc3N(c3ccc(-n4c5ccccc5c5ccccc54)cc3)c3cccc(-c4ccc5ccccc5c4)c3)c2)cc1. The van der Waals surface area contributed by atoms with Crippen molar-refractivity contribution < 1.29 is 0 Å². The van der Waals surface area contributed by atoms with Gasteiger partial charge in [-0.05, 0) is 128 Å². The maximum Gasteiger partial charge on any atom is 0.0541 e. The van der Waals surface area contributed by atoms with Crippen LogP contribution in [-0.4, -0.2) is 4.57 Å². The molecule has 0 aliphatic heterocycles. The highest BCUT2D eigenvalue weighted by molar-refractivity contribution is 6.09. The first-order valence-electron chi connectivity index (χ1n) is 22.7. The summed E-state index contributed by atoms with van der Waals surface area (Å²) in [5, 5.41) is 4.96. The average molecular weight is 841 g/mol. The molecule has 12 aromatic rings. The fourth-order valence-corrected chi connectivity index (χ4v) is 9.87. The third-order valence-corrected chi connectivity index (χ3v) is 13.0. The van der Waals surface area contributed by atoms with E-state index in [1.807, 2.05) is 0 Å². The summed E-state index contributed by atoms with van der Waals surface area (Å²) in [7, 11) is 0. The molecule has 0 aliphatic rings. The summed E-state index contributed by atoms with van der Waals surface area (Å²) in [6.45, 7) is 0.